The van der Waals surface area contributed by atoms with Gasteiger partial charge < -0.3 is 9.64 Å². The third-order valence-electron chi connectivity index (χ3n) is 4.10. The number of morpholine rings is 1. The van der Waals surface area contributed by atoms with Gasteiger partial charge in [0, 0.05) is 6.54 Å². The maximum atomic E-state index is 13.8. The molecule has 0 amide bonds. The molecule has 0 bridgehead atoms. The van der Waals surface area contributed by atoms with Gasteiger partial charge in [-0.15, -0.1) is 0 Å². The average Bonchev–Trinajstić information content (AvgIpc) is 2.55. The van der Waals surface area contributed by atoms with Crippen LogP contribution in [0.3, 0.4) is 0 Å². The molecule has 1 fully saturated rings. The van der Waals surface area contributed by atoms with E-state index in [2.05, 4.69) is 0 Å². The van der Waals surface area contributed by atoms with Crippen molar-refractivity contribution in [1.29, 1.82) is 5.26 Å². The second-order valence-electron chi connectivity index (χ2n) is 5.61. The zero-order valence-corrected chi connectivity index (χ0v) is 12.4. The van der Waals surface area contributed by atoms with Gasteiger partial charge in [-0.05, 0) is 24.6 Å². The van der Waals surface area contributed by atoms with Gasteiger partial charge in [0.05, 0.1) is 18.8 Å². The number of benzene rings is 2. The van der Waals surface area contributed by atoms with E-state index in [-0.39, 0.29) is 5.56 Å². The molecule has 3 nitrogen and oxygen atoms in total. The highest BCUT2D eigenvalue weighted by Crippen LogP contribution is 2.33. The molecule has 3 rings (SSSR count). The third kappa shape index (κ3) is 2.56. The van der Waals surface area contributed by atoms with Crippen LogP contribution < -0.4 is 4.90 Å². The molecule has 0 radical (unpaired) electrons. The van der Waals surface area contributed by atoms with Crippen molar-refractivity contribution >= 4 is 5.69 Å². The van der Waals surface area contributed by atoms with E-state index in [4.69, 9.17) is 4.74 Å². The Balaban J connectivity index is 1.95. The SMILES string of the molecule is CC1(c2ccccc2)CN(c2cccc(F)c2C#N)CCO1. The molecular formula is C18H17FN2O. The zero-order chi connectivity index (χ0) is 15.6. The molecule has 0 saturated carbocycles. The highest BCUT2D eigenvalue weighted by atomic mass is 19.1. The number of nitrogens with zero attached hydrogens (tertiary/aromatic N) is 2. The lowest BCUT2D eigenvalue weighted by Gasteiger charge is -2.42. The Morgan fingerprint density at radius 3 is 2.68 bits per heavy atom. The minimum absolute atomic E-state index is 0.0970. The minimum Gasteiger partial charge on any atom is -0.367 e. The van der Waals surface area contributed by atoms with Crippen molar-refractivity contribution in [2.75, 3.05) is 24.6 Å². The first kappa shape index (κ1) is 14.6. The standard InChI is InChI=1S/C18H17FN2O/c1-18(14-6-3-2-4-7-14)13-21(10-11-22-18)17-9-5-8-16(19)15(17)12-20/h2-9H,10-11,13H2,1H3. The summed E-state index contributed by atoms with van der Waals surface area (Å²) in [5.41, 5.74) is 1.33. The molecule has 0 aromatic heterocycles. The molecule has 1 aliphatic heterocycles. The highest BCUT2D eigenvalue weighted by molar-refractivity contribution is 5.60. The molecule has 112 valence electrons. The van der Waals surface area contributed by atoms with Crippen molar-refractivity contribution < 1.29 is 9.13 Å². The summed E-state index contributed by atoms with van der Waals surface area (Å²) >= 11 is 0. The van der Waals surface area contributed by atoms with E-state index in [9.17, 15) is 9.65 Å². The number of hydrogen-bond donors (Lipinski definition) is 0. The van der Waals surface area contributed by atoms with Crippen molar-refractivity contribution in [2.45, 2.75) is 12.5 Å². The van der Waals surface area contributed by atoms with Crippen molar-refractivity contribution in [3.8, 4) is 6.07 Å². The predicted octanol–water partition coefficient (Wildman–Crippen LogP) is 3.45. The Morgan fingerprint density at radius 1 is 1.18 bits per heavy atom. The lowest BCUT2D eigenvalue weighted by atomic mass is 9.93. The van der Waals surface area contributed by atoms with E-state index in [1.54, 1.807) is 12.1 Å². The zero-order valence-electron chi connectivity index (χ0n) is 12.4. The molecular weight excluding hydrogens is 279 g/mol. The van der Waals surface area contributed by atoms with E-state index < -0.39 is 11.4 Å². The number of halogens is 1. The molecule has 1 aliphatic rings. The van der Waals surface area contributed by atoms with Gasteiger partial charge in [0.25, 0.3) is 0 Å². The van der Waals surface area contributed by atoms with E-state index in [1.807, 2.05) is 48.2 Å². The average molecular weight is 296 g/mol. The topological polar surface area (TPSA) is 36.3 Å². The maximum absolute atomic E-state index is 13.8. The highest BCUT2D eigenvalue weighted by Gasteiger charge is 2.34. The van der Waals surface area contributed by atoms with Crippen LogP contribution in [0.4, 0.5) is 10.1 Å². The van der Waals surface area contributed by atoms with Crippen LogP contribution in [0, 0.1) is 17.1 Å². The minimum atomic E-state index is -0.479. The Labute approximate surface area is 129 Å². The van der Waals surface area contributed by atoms with Gasteiger partial charge in [-0.25, -0.2) is 4.39 Å². The van der Waals surface area contributed by atoms with Gasteiger partial charge in [-0.2, -0.15) is 5.26 Å². The molecule has 22 heavy (non-hydrogen) atoms. The fourth-order valence-corrected chi connectivity index (χ4v) is 2.93. The number of ether oxygens (including phenoxy) is 1. The molecule has 2 aromatic carbocycles. The largest absolute Gasteiger partial charge is 0.367 e. The van der Waals surface area contributed by atoms with Gasteiger partial charge in [0.15, 0.2) is 0 Å². The number of rotatable bonds is 2. The summed E-state index contributed by atoms with van der Waals surface area (Å²) in [5.74, 6) is -0.479. The molecule has 1 unspecified atom stereocenters. The van der Waals surface area contributed by atoms with Crippen molar-refractivity contribution in [2.24, 2.45) is 0 Å². The van der Waals surface area contributed by atoms with Crippen LogP contribution in [0.5, 0.6) is 0 Å². The van der Waals surface area contributed by atoms with Crippen LogP contribution in [0.25, 0.3) is 0 Å². The Hall–Kier alpha value is -2.38. The summed E-state index contributed by atoms with van der Waals surface area (Å²) in [5, 5.41) is 9.23. The van der Waals surface area contributed by atoms with Crippen molar-refractivity contribution in [3.05, 3.63) is 65.5 Å². The fourth-order valence-electron chi connectivity index (χ4n) is 2.93. The monoisotopic (exact) mass is 296 g/mol. The number of nitriles is 1. The quantitative estimate of drug-likeness (QED) is 0.851. The van der Waals surface area contributed by atoms with Gasteiger partial charge >= 0.3 is 0 Å². The smallest absolute Gasteiger partial charge is 0.143 e. The van der Waals surface area contributed by atoms with Crippen LogP contribution in [-0.2, 0) is 10.3 Å². The van der Waals surface area contributed by atoms with E-state index in [0.29, 0.717) is 25.4 Å². The van der Waals surface area contributed by atoms with Crippen molar-refractivity contribution in [1.82, 2.24) is 0 Å². The lowest BCUT2D eigenvalue weighted by molar-refractivity contribution is -0.0466. The second-order valence-corrected chi connectivity index (χ2v) is 5.61. The van der Waals surface area contributed by atoms with Gasteiger partial charge in [0.2, 0.25) is 0 Å². The lowest BCUT2D eigenvalue weighted by Crippen LogP contribution is -2.48. The Bertz CT molecular complexity index is 711. The van der Waals surface area contributed by atoms with Crippen LogP contribution in [0.2, 0.25) is 0 Å². The van der Waals surface area contributed by atoms with Crippen LogP contribution in [0.1, 0.15) is 18.1 Å². The van der Waals surface area contributed by atoms with Crippen molar-refractivity contribution in [3.63, 3.8) is 0 Å². The summed E-state index contributed by atoms with van der Waals surface area (Å²) in [6, 6.07) is 16.7. The predicted molar refractivity (Wildman–Crippen MR) is 83.1 cm³/mol. The Morgan fingerprint density at radius 2 is 1.95 bits per heavy atom. The second kappa shape index (κ2) is 5.78. The van der Waals surface area contributed by atoms with E-state index >= 15 is 0 Å². The van der Waals surface area contributed by atoms with Gasteiger partial charge in [-0.3, -0.25) is 0 Å². The molecule has 0 aliphatic carbocycles. The van der Waals surface area contributed by atoms with Crippen LogP contribution in [0.15, 0.2) is 48.5 Å². The summed E-state index contributed by atoms with van der Waals surface area (Å²) in [6.07, 6.45) is 0. The molecule has 1 atom stereocenters. The maximum Gasteiger partial charge on any atom is 0.143 e. The summed E-state index contributed by atoms with van der Waals surface area (Å²) in [4.78, 5) is 2.03. The molecule has 2 aromatic rings. The number of anilines is 1. The van der Waals surface area contributed by atoms with Gasteiger partial charge in [-0.1, -0.05) is 36.4 Å². The normalized spacial score (nSPS) is 21.4. The third-order valence-corrected chi connectivity index (χ3v) is 4.10. The van der Waals surface area contributed by atoms with E-state index in [0.717, 1.165) is 5.56 Å². The number of hydrogen-bond acceptors (Lipinski definition) is 3. The first-order chi connectivity index (χ1) is 10.6. The molecule has 0 N–H and O–H groups in total. The molecule has 4 heteroatoms. The summed E-state index contributed by atoms with van der Waals surface area (Å²) in [7, 11) is 0. The van der Waals surface area contributed by atoms with Crippen LogP contribution in [-0.4, -0.2) is 19.7 Å². The Kier molecular flexibility index (Phi) is 3.82. The first-order valence-corrected chi connectivity index (χ1v) is 7.27. The summed E-state index contributed by atoms with van der Waals surface area (Å²) < 4.78 is 19.8. The van der Waals surface area contributed by atoms with E-state index in [1.165, 1.54) is 6.07 Å². The fraction of sp³-hybridized carbons (Fsp3) is 0.278. The van der Waals surface area contributed by atoms with Gasteiger partial charge in [0.1, 0.15) is 23.1 Å². The molecule has 0 spiro atoms. The molecule has 1 saturated heterocycles. The van der Waals surface area contributed by atoms with Crippen LogP contribution >= 0.6 is 0 Å². The molecule has 1 heterocycles. The summed E-state index contributed by atoms with van der Waals surface area (Å²) in [6.45, 7) is 3.78. The first-order valence-electron chi connectivity index (χ1n) is 7.27.